The summed E-state index contributed by atoms with van der Waals surface area (Å²) in [6.07, 6.45) is 3.51. The van der Waals surface area contributed by atoms with Gasteiger partial charge in [-0.1, -0.05) is 67.6 Å². The van der Waals surface area contributed by atoms with Gasteiger partial charge < -0.3 is 4.74 Å². The third-order valence-electron chi connectivity index (χ3n) is 5.66. The molecule has 0 saturated carbocycles. The third kappa shape index (κ3) is 5.08. The van der Waals surface area contributed by atoms with Gasteiger partial charge in [-0.3, -0.25) is 14.7 Å². The Morgan fingerprint density at radius 2 is 1.74 bits per heavy atom. The van der Waals surface area contributed by atoms with Crippen LogP contribution in [0.2, 0.25) is 0 Å². The van der Waals surface area contributed by atoms with E-state index >= 15 is 0 Å². The van der Waals surface area contributed by atoms with Crippen molar-refractivity contribution >= 4 is 32.6 Å². The molecule has 5 aromatic rings. The number of carbonyl (C=O) groups excluding carboxylic acids is 1. The van der Waals surface area contributed by atoms with Gasteiger partial charge in [0, 0.05) is 18.0 Å². The molecule has 5 rings (SSSR count). The highest BCUT2D eigenvalue weighted by Gasteiger charge is 2.23. The lowest BCUT2D eigenvalue weighted by Gasteiger charge is -2.20. The number of pyridine rings is 1. The lowest BCUT2D eigenvalue weighted by atomic mass is 10.0. The summed E-state index contributed by atoms with van der Waals surface area (Å²) in [5.74, 6) is 1.52. The van der Waals surface area contributed by atoms with E-state index in [1.807, 2.05) is 60.7 Å². The second-order valence-corrected chi connectivity index (χ2v) is 9.55. The number of thiazole rings is 1. The number of fused-ring (bicyclic) bond motifs is 1. The minimum Gasteiger partial charge on any atom is -0.457 e. The van der Waals surface area contributed by atoms with Gasteiger partial charge in [-0.2, -0.15) is 0 Å². The van der Waals surface area contributed by atoms with Crippen molar-refractivity contribution in [3.05, 3.63) is 114 Å². The molecule has 0 radical (unpaired) electrons. The fourth-order valence-corrected chi connectivity index (χ4v) is 4.91. The molecule has 2 heterocycles. The zero-order valence-electron chi connectivity index (χ0n) is 19.6. The molecule has 0 fully saturated rings. The maximum Gasteiger partial charge on any atom is 0.260 e. The molecule has 174 valence electrons. The highest BCUT2D eigenvalue weighted by atomic mass is 32.1. The first kappa shape index (κ1) is 22.7. The van der Waals surface area contributed by atoms with Crippen LogP contribution in [-0.2, 0) is 6.54 Å². The number of rotatable bonds is 7. The molecule has 3 aromatic carbocycles. The molecular weight excluding hydrogens is 454 g/mol. The number of hydrogen-bond acceptors (Lipinski definition) is 5. The SMILES string of the molecule is CC(C)c1cccc2sc(N(Cc3cccnc3)C(=O)c3cccc(Oc4ccccc4)c3)nc12. The minimum absolute atomic E-state index is 0.141. The molecule has 2 aromatic heterocycles. The fourth-order valence-electron chi connectivity index (χ4n) is 3.91. The number of benzene rings is 3. The lowest BCUT2D eigenvalue weighted by molar-refractivity contribution is 0.0985. The Labute approximate surface area is 208 Å². The lowest BCUT2D eigenvalue weighted by Crippen LogP contribution is -2.30. The van der Waals surface area contributed by atoms with E-state index in [0.29, 0.717) is 28.9 Å². The summed E-state index contributed by atoms with van der Waals surface area (Å²) in [5.41, 5.74) is 3.59. The van der Waals surface area contributed by atoms with E-state index in [1.54, 1.807) is 23.4 Å². The molecule has 0 unspecified atom stereocenters. The second kappa shape index (κ2) is 10.1. The first-order valence-electron chi connectivity index (χ1n) is 11.5. The van der Waals surface area contributed by atoms with Crippen molar-refractivity contribution in [2.45, 2.75) is 26.3 Å². The standard InChI is InChI=1S/C29H25N3O2S/c1-20(2)25-14-7-15-26-27(25)31-29(35-26)32(19-21-9-8-16-30-18-21)28(33)22-10-6-13-24(17-22)34-23-11-4-3-5-12-23/h3-18,20H,19H2,1-2H3. The van der Waals surface area contributed by atoms with Gasteiger partial charge >= 0.3 is 0 Å². The number of aromatic nitrogens is 2. The molecule has 0 N–H and O–H groups in total. The van der Waals surface area contributed by atoms with E-state index in [1.165, 1.54) is 16.9 Å². The fraction of sp³-hybridized carbons (Fsp3) is 0.138. The summed E-state index contributed by atoms with van der Waals surface area (Å²) in [7, 11) is 0. The molecule has 5 nitrogen and oxygen atoms in total. The maximum absolute atomic E-state index is 13.9. The van der Waals surface area contributed by atoms with Gasteiger partial charge in [0.25, 0.3) is 5.91 Å². The number of hydrogen-bond donors (Lipinski definition) is 0. The van der Waals surface area contributed by atoms with Gasteiger partial charge in [0.2, 0.25) is 0 Å². The summed E-state index contributed by atoms with van der Waals surface area (Å²) in [6, 6.07) is 26.9. The van der Waals surface area contributed by atoms with Crippen LogP contribution in [-0.4, -0.2) is 15.9 Å². The summed E-state index contributed by atoms with van der Waals surface area (Å²) >= 11 is 1.53. The van der Waals surface area contributed by atoms with Crippen LogP contribution in [0.1, 0.15) is 41.3 Å². The predicted octanol–water partition coefficient (Wildman–Crippen LogP) is 7.45. The molecule has 0 aliphatic rings. The van der Waals surface area contributed by atoms with Gasteiger partial charge in [0.1, 0.15) is 11.5 Å². The summed E-state index contributed by atoms with van der Waals surface area (Å²) in [5, 5.41) is 0.663. The molecule has 0 bridgehead atoms. The molecule has 1 amide bonds. The van der Waals surface area contributed by atoms with Gasteiger partial charge in [-0.15, -0.1) is 0 Å². The predicted molar refractivity (Wildman–Crippen MR) is 141 cm³/mol. The van der Waals surface area contributed by atoms with Crippen LogP contribution in [0, 0.1) is 0 Å². The average molecular weight is 480 g/mol. The monoisotopic (exact) mass is 479 g/mol. The normalized spacial score (nSPS) is 11.1. The van der Waals surface area contributed by atoms with E-state index in [-0.39, 0.29) is 5.91 Å². The van der Waals surface area contributed by atoms with Gasteiger partial charge in [-0.25, -0.2) is 4.98 Å². The number of anilines is 1. The Hall–Kier alpha value is -4.03. The maximum atomic E-state index is 13.9. The van der Waals surface area contributed by atoms with Crippen molar-refractivity contribution in [3.63, 3.8) is 0 Å². The molecule has 6 heteroatoms. The number of ether oxygens (including phenoxy) is 1. The third-order valence-corrected chi connectivity index (χ3v) is 6.70. The van der Waals surface area contributed by atoms with Crippen molar-refractivity contribution in [1.82, 2.24) is 9.97 Å². The van der Waals surface area contributed by atoms with Crippen LogP contribution < -0.4 is 9.64 Å². The second-order valence-electron chi connectivity index (χ2n) is 8.54. The van der Waals surface area contributed by atoms with E-state index in [4.69, 9.17) is 9.72 Å². The zero-order valence-corrected chi connectivity index (χ0v) is 20.4. The number of amides is 1. The average Bonchev–Trinajstić information content (AvgIpc) is 3.32. The Morgan fingerprint density at radius 3 is 2.51 bits per heavy atom. The van der Waals surface area contributed by atoms with Crippen LogP contribution in [0.5, 0.6) is 11.5 Å². The van der Waals surface area contributed by atoms with Gasteiger partial charge in [0.15, 0.2) is 5.13 Å². The smallest absolute Gasteiger partial charge is 0.260 e. The van der Waals surface area contributed by atoms with Crippen molar-refractivity contribution in [3.8, 4) is 11.5 Å². The van der Waals surface area contributed by atoms with Gasteiger partial charge in [0.05, 0.1) is 16.8 Å². The van der Waals surface area contributed by atoms with E-state index in [9.17, 15) is 4.79 Å². The van der Waals surface area contributed by atoms with Crippen molar-refractivity contribution in [1.29, 1.82) is 0 Å². The summed E-state index contributed by atoms with van der Waals surface area (Å²) in [6.45, 7) is 4.68. The molecule has 0 aliphatic carbocycles. The van der Waals surface area contributed by atoms with E-state index in [2.05, 4.69) is 37.0 Å². The molecule has 35 heavy (non-hydrogen) atoms. The highest BCUT2D eigenvalue weighted by molar-refractivity contribution is 7.22. The van der Waals surface area contributed by atoms with Crippen molar-refractivity contribution in [2.75, 3.05) is 4.90 Å². The highest BCUT2D eigenvalue weighted by Crippen LogP contribution is 2.35. The Balaban J connectivity index is 1.53. The van der Waals surface area contributed by atoms with Crippen LogP contribution in [0.25, 0.3) is 10.2 Å². The molecule has 0 atom stereocenters. The largest absolute Gasteiger partial charge is 0.457 e. The van der Waals surface area contributed by atoms with Crippen LogP contribution >= 0.6 is 11.3 Å². The zero-order chi connectivity index (χ0) is 24.2. The molecular formula is C29H25N3O2S. The number of carbonyl (C=O) groups is 1. The van der Waals surface area contributed by atoms with E-state index < -0.39 is 0 Å². The minimum atomic E-state index is -0.141. The summed E-state index contributed by atoms with van der Waals surface area (Å²) < 4.78 is 7.04. The number of nitrogens with zero attached hydrogens (tertiary/aromatic N) is 3. The Morgan fingerprint density at radius 1 is 0.943 bits per heavy atom. The van der Waals surface area contributed by atoms with Gasteiger partial charge in [-0.05, 0) is 59.5 Å². The van der Waals surface area contributed by atoms with Crippen LogP contribution in [0.3, 0.4) is 0 Å². The van der Waals surface area contributed by atoms with Crippen LogP contribution in [0.15, 0.2) is 97.3 Å². The first-order valence-corrected chi connectivity index (χ1v) is 12.3. The molecule has 0 saturated heterocycles. The topological polar surface area (TPSA) is 55.3 Å². The van der Waals surface area contributed by atoms with Crippen LogP contribution in [0.4, 0.5) is 5.13 Å². The Bertz CT molecular complexity index is 1450. The quantitative estimate of drug-likeness (QED) is 0.243. The first-order chi connectivity index (χ1) is 17.1. The molecule has 0 spiro atoms. The van der Waals surface area contributed by atoms with Crippen molar-refractivity contribution in [2.24, 2.45) is 0 Å². The van der Waals surface area contributed by atoms with E-state index in [0.717, 1.165) is 21.5 Å². The number of para-hydroxylation sites is 2. The summed E-state index contributed by atoms with van der Waals surface area (Å²) in [4.78, 5) is 24.8. The van der Waals surface area contributed by atoms with Crippen molar-refractivity contribution < 1.29 is 9.53 Å². The molecule has 0 aliphatic heterocycles. The Kier molecular flexibility index (Phi) is 6.55.